The summed E-state index contributed by atoms with van der Waals surface area (Å²) in [6.45, 7) is 9.99. The number of ether oxygens (including phenoxy) is 1. The second kappa shape index (κ2) is 8.04. The third kappa shape index (κ3) is 4.81. The van der Waals surface area contributed by atoms with Crippen molar-refractivity contribution in [1.82, 2.24) is 10.2 Å². The third-order valence-electron chi connectivity index (χ3n) is 3.62. The molecule has 1 fully saturated rings. The summed E-state index contributed by atoms with van der Waals surface area (Å²) in [5.74, 6) is 0.969. The van der Waals surface area contributed by atoms with E-state index in [9.17, 15) is 0 Å². The van der Waals surface area contributed by atoms with E-state index in [0.29, 0.717) is 6.04 Å². The van der Waals surface area contributed by atoms with Gasteiger partial charge in [-0.15, -0.1) is 0 Å². The quantitative estimate of drug-likeness (QED) is 0.718. The highest BCUT2D eigenvalue weighted by molar-refractivity contribution is 4.76. The van der Waals surface area contributed by atoms with E-state index in [1.807, 2.05) is 0 Å². The van der Waals surface area contributed by atoms with Crippen molar-refractivity contribution in [3.05, 3.63) is 0 Å². The number of methoxy groups -OCH3 is 1. The van der Waals surface area contributed by atoms with E-state index in [1.165, 1.54) is 32.4 Å². The number of nitrogens with zero attached hydrogens (tertiary/aromatic N) is 1. The number of hydrogen-bond donors (Lipinski definition) is 1. The Bertz CT molecular complexity index is 161. The first kappa shape index (κ1) is 13.9. The monoisotopic (exact) mass is 228 g/mol. The zero-order chi connectivity index (χ0) is 11.8. The number of rotatable bonds is 7. The lowest BCUT2D eigenvalue weighted by atomic mass is 9.94. The molecule has 0 aromatic carbocycles. The second-order valence-electron chi connectivity index (χ2n) is 4.86. The van der Waals surface area contributed by atoms with Crippen LogP contribution < -0.4 is 5.32 Å². The largest absolute Gasteiger partial charge is 0.383 e. The molecule has 96 valence electrons. The van der Waals surface area contributed by atoms with Gasteiger partial charge in [-0.25, -0.2) is 0 Å². The molecule has 0 aromatic heterocycles. The van der Waals surface area contributed by atoms with Gasteiger partial charge in [-0.1, -0.05) is 20.3 Å². The Balaban J connectivity index is 2.24. The molecule has 3 nitrogen and oxygen atoms in total. The maximum Gasteiger partial charge on any atom is 0.0628 e. The SMILES string of the molecule is CCNC(COC)CN1CCC(CC)CC1. The summed E-state index contributed by atoms with van der Waals surface area (Å²) >= 11 is 0. The Labute approximate surface area is 101 Å². The molecule has 1 aliphatic rings. The predicted octanol–water partition coefficient (Wildman–Crippen LogP) is 1.73. The van der Waals surface area contributed by atoms with Gasteiger partial charge in [0.15, 0.2) is 0 Å². The van der Waals surface area contributed by atoms with Crippen LogP contribution >= 0.6 is 0 Å². The standard InChI is InChI=1S/C13H28N2O/c1-4-12-6-8-15(9-7-12)10-13(11-16-3)14-5-2/h12-14H,4-11H2,1-3H3. The van der Waals surface area contributed by atoms with E-state index in [2.05, 4.69) is 24.1 Å². The van der Waals surface area contributed by atoms with Gasteiger partial charge in [-0.05, 0) is 38.4 Å². The Morgan fingerprint density at radius 2 is 2.00 bits per heavy atom. The minimum Gasteiger partial charge on any atom is -0.383 e. The van der Waals surface area contributed by atoms with Crippen molar-refractivity contribution in [2.45, 2.75) is 39.2 Å². The molecule has 1 rings (SSSR count). The van der Waals surface area contributed by atoms with E-state index < -0.39 is 0 Å². The summed E-state index contributed by atoms with van der Waals surface area (Å²) in [4.78, 5) is 2.58. The molecular weight excluding hydrogens is 200 g/mol. The molecule has 0 radical (unpaired) electrons. The van der Waals surface area contributed by atoms with Crippen LogP contribution in [0, 0.1) is 5.92 Å². The summed E-state index contributed by atoms with van der Waals surface area (Å²) in [5.41, 5.74) is 0. The van der Waals surface area contributed by atoms with Crippen LogP contribution in [0.3, 0.4) is 0 Å². The average molecular weight is 228 g/mol. The Kier molecular flexibility index (Phi) is 7.01. The first-order valence-corrected chi connectivity index (χ1v) is 6.74. The summed E-state index contributed by atoms with van der Waals surface area (Å²) in [7, 11) is 1.79. The van der Waals surface area contributed by atoms with Crippen LogP contribution in [0.4, 0.5) is 0 Å². The molecule has 0 aliphatic carbocycles. The number of nitrogens with one attached hydrogen (secondary N) is 1. The Morgan fingerprint density at radius 1 is 1.31 bits per heavy atom. The fourth-order valence-electron chi connectivity index (χ4n) is 2.55. The molecule has 0 bridgehead atoms. The molecular formula is C13H28N2O. The lowest BCUT2D eigenvalue weighted by molar-refractivity contribution is 0.118. The van der Waals surface area contributed by atoms with Crippen molar-refractivity contribution in [2.24, 2.45) is 5.92 Å². The molecule has 1 unspecified atom stereocenters. The fourth-order valence-corrected chi connectivity index (χ4v) is 2.55. The van der Waals surface area contributed by atoms with Gasteiger partial charge in [-0.3, -0.25) is 0 Å². The predicted molar refractivity (Wildman–Crippen MR) is 68.8 cm³/mol. The van der Waals surface area contributed by atoms with Crippen LogP contribution in [0.2, 0.25) is 0 Å². The van der Waals surface area contributed by atoms with Crippen molar-refractivity contribution >= 4 is 0 Å². The Morgan fingerprint density at radius 3 is 2.50 bits per heavy atom. The van der Waals surface area contributed by atoms with E-state index in [4.69, 9.17) is 4.74 Å². The molecule has 1 aliphatic heterocycles. The van der Waals surface area contributed by atoms with Gasteiger partial charge in [-0.2, -0.15) is 0 Å². The topological polar surface area (TPSA) is 24.5 Å². The average Bonchev–Trinajstić information content (AvgIpc) is 2.31. The van der Waals surface area contributed by atoms with E-state index in [0.717, 1.165) is 25.6 Å². The lowest BCUT2D eigenvalue weighted by Gasteiger charge is -2.34. The van der Waals surface area contributed by atoms with Crippen LogP contribution in [-0.2, 0) is 4.74 Å². The summed E-state index contributed by atoms with van der Waals surface area (Å²) in [5, 5.41) is 3.49. The molecule has 1 saturated heterocycles. The first-order chi connectivity index (χ1) is 7.80. The van der Waals surface area contributed by atoms with E-state index >= 15 is 0 Å². The van der Waals surface area contributed by atoms with Crippen molar-refractivity contribution in [2.75, 3.05) is 39.9 Å². The first-order valence-electron chi connectivity index (χ1n) is 6.74. The highest BCUT2D eigenvalue weighted by Gasteiger charge is 2.20. The van der Waals surface area contributed by atoms with Gasteiger partial charge >= 0.3 is 0 Å². The molecule has 0 aromatic rings. The molecule has 1 atom stereocenters. The smallest absolute Gasteiger partial charge is 0.0628 e. The van der Waals surface area contributed by atoms with Crippen molar-refractivity contribution in [3.63, 3.8) is 0 Å². The molecule has 16 heavy (non-hydrogen) atoms. The van der Waals surface area contributed by atoms with Crippen molar-refractivity contribution in [3.8, 4) is 0 Å². The van der Waals surface area contributed by atoms with Gasteiger partial charge in [0.1, 0.15) is 0 Å². The lowest BCUT2D eigenvalue weighted by Crippen LogP contribution is -2.46. The van der Waals surface area contributed by atoms with Gasteiger partial charge < -0.3 is 15.0 Å². The molecule has 1 heterocycles. The van der Waals surface area contributed by atoms with Gasteiger partial charge in [0.25, 0.3) is 0 Å². The summed E-state index contributed by atoms with van der Waals surface area (Å²) in [6.07, 6.45) is 4.10. The molecule has 0 saturated carbocycles. The van der Waals surface area contributed by atoms with Gasteiger partial charge in [0.2, 0.25) is 0 Å². The van der Waals surface area contributed by atoms with E-state index in [-0.39, 0.29) is 0 Å². The normalized spacial score (nSPS) is 21.2. The summed E-state index contributed by atoms with van der Waals surface area (Å²) < 4.78 is 5.25. The zero-order valence-electron chi connectivity index (χ0n) is 11.2. The van der Waals surface area contributed by atoms with Crippen molar-refractivity contribution in [1.29, 1.82) is 0 Å². The fraction of sp³-hybridized carbons (Fsp3) is 1.00. The number of piperidine rings is 1. The number of likely N-dealkylation sites (N-methyl/N-ethyl adjacent to an activating group) is 1. The van der Waals surface area contributed by atoms with Crippen LogP contribution in [0.25, 0.3) is 0 Å². The minimum atomic E-state index is 0.494. The van der Waals surface area contributed by atoms with Crippen LogP contribution in [0.15, 0.2) is 0 Å². The van der Waals surface area contributed by atoms with Gasteiger partial charge in [0, 0.05) is 19.7 Å². The van der Waals surface area contributed by atoms with Crippen LogP contribution in [0.1, 0.15) is 33.1 Å². The zero-order valence-corrected chi connectivity index (χ0v) is 11.2. The highest BCUT2D eigenvalue weighted by atomic mass is 16.5. The molecule has 3 heteroatoms. The number of likely N-dealkylation sites (tertiary alicyclic amines) is 1. The van der Waals surface area contributed by atoms with Crippen LogP contribution in [-0.4, -0.2) is 50.8 Å². The van der Waals surface area contributed by atoms with Gasteiger partial charge in [0.05, 0.1) is 6.61 Å². The molecule has 0 spiro atoms. The minimum absolute atomic E-state index is 0.494. The number of hydrogen-bond acceptors (Lipinski definition) is 3. The van der Waals surface area contributed by atoms with Crippen LogP contribution in [0.5, 0.6) is 0 Å². The molecule has 0 amide bonds. The van der Waals surface area contributed by atoms with E-state index in [1.54, 1.807) is 7.11 Å². The second-order valence-corrected chi connectivity index (χ2v) is 4.86. The molecule has 1 N–H and O–H groups in total. The maximum absolute atomic E-state index is 5.25. The van der Waals surface area contributed by atoms with Crippen molar-refractivity contribution < 1.29 is 4.74 Å². The highest BCUT2D eigenvalue weighted by Crippen LogP contribution is 2.19. The third-order valence-corrected chi connectivity index (χ3v) is 3.62. The maximum atomic E-state index is 5.25. The Hall–Kier alpha value is -0.120. The summed E-state index contributed by atoms with van der Waals surface area (Å²) in [6, 6.07) is 0.494.